The van der Waals surface area contributed by atoms with Gasteiger partial charge in [0.05, 0.1) is 0 Å². The lowest BCUT2D eigenvalue weighted by Gasteiger charge is -2.02. The molecule has 0 aliphatic rings. The minimum absolute atomic E-state index is 0.665. The lowest BCUT2D eigenvalue weighted by Crippen LogP contribution is -1.93. The number of nitrogens with one attached hydrogen (secondary N) is 1. The van der Waals surface area contributed by atoms with Crippen LogP contribution in [0.4, 0.5) is 11.4 Å². The van der Waals surface area contributed by atoms with Gasteiger partial charge in [0.25, 0.3) is 0 Å². The van der Waals surface area contributed by atoms with E-state index in [1.807, 2.05) is 36.4 Å². The van der Waals surface area contributed by atoms with Gasteiger partial charge < -0.3 is 11.1 Å². The number of hydrogen-bond acceptors (Lipinski definition) is 2. The smallest absolute Gasteiger partial charge is 0.211 e. The molecule has 0 unspecified atom stereocenters. The van der Waals surface area contributed by atoms with Crippen molar-refractivity contribution in [2.75, 3.05) is 11.1 Å². The molecule has 70 valence electrons. The summed E-state index contributed by atoms with van der Waals surface area (Å²) < 4.78 is 0. The Morgan fingerprint density at radius 1 is 1.07 bits per heavy atom. The fourth-order valence-corrected chi connectivity index (χ4v) is 1.42. The lowest BCUT2D eigenvalue weighted by molar-refractivity contribution is -0.105. The highest BCUT2D eigenvalue weighted by Crippen LogP contribution is 2.20. The Kier molecular flexibility index (Phi) is 2.07. The Balaban J connectivity index is 2.55. The summed E-state index contributed by atoms with van der Waals surface area (Å²) in [6.07, 6.45) is 0.665. The fraction of sp³-hybridized carbons (Fsp3) is 0. The van der Waals surface area contributed by atoms with Gasteiger partial charge in [-0.1, -0.05) is 12.1 Å². The number of amides is 1. The summed E-state index contributed by atoms with van der Waals surface area (Å²) >= 11 is 0. The normalized spacial score (nSPS) is 10.0. The van der Waals surface area contributed by atoms with Crippen LogP contribution in [0, 0.1) is 0 Å². The van der Waals surface area contributed by atoms with Crippen molar-refractivity contribution in [3.8, 4) is 0 Å². The minimum Gasteiger partial charge on any atom is -0.399 e. The third-order valence-corrected chi connectivity index (χ3v) is 2.09. The molecule has 0 saturated carbocycles. The first kappa shape index (κ1) is 8.56. The van der Waals surface area contributed by atoms with E-state index >= 15 is 0 Å². The second kappa shape index (κ2) is 3.38. The first-order valence-corrected chi connectivity index (χ1v) is 4.29. The van der Waals surface area contributed by atoms with Crippen LogP contribution in [0.5, 0.6) is 0 Å². The quantitative estimate of drug-likeness (QED) is 0.556. The Hall–Kier alpha value is -2.03. The van der Waals surface area contributed by atoms with Crippen molar-refractivity contribution in [2.45, 2.75) is 0 Å². The van der Waals surface area contributed by atoms with E-state index in [-0.39, 0.29) is 0 Å². The summed E-state index contributed by atoms with van der Waals surface area (Å²) in [5.41, 5.74) is 7.18. The van der Waals surface area contributed by atoms with E-state index in [0.29, 0.717) is 6.41 Å². The summed E-state index contributed by atoms with van der Waals surface area (Å²) in [4.78, 5) is 10.2. The molecule has 0 atom stereocenters. The minimum atomic E-state index is 0.665. The molecule has 0 bridgehead atoms. The molecule has 2 aromatic carbocycles. The maximum atomic E-state index is 10.2. The van der Waals surface area contributed by atoms with Crippen molar-refractivity contribution in [2.24, 2.45) is 0 Å². The molecule has 3 nitrogen and oxygen atoms in total. The van der Waals surface area contributed by atoms with Crippen molar-refractivity contribution in [3.63, 3.8) is 0 Å². The average Bonchev–Trinajstić information content (AvgIpc) is 2.19. The van der Waals surface area contributed by atoms with E-state index in [1.165, 1.54) is 0 Å². The van der Waals surface area contributed by atoms with Crippen LogP contribution in [0.25, 0.3) is 10.8 Å². The van der Waals surface area contributed by atoms with E-state index in [0.717, 1.165) is 22.1 Å². The van der Waals surface area contributed by atoms with Crippen molar-refractivity contribution in [1.29, 1.82) is 0 Å². The predicted molar refractivity (Wildman–Crippen MR) is 58.0 cm³/mol. The largest absolute Gasteiger partial charge is 0.399 e. The fourth-order valence-electron chi connectivity index (χ4n) is 1.42. The molecule has 14 heavy (non-hydrogen) atoms. The van der Waals surface area contributed by atoms with Gasteiger partial charge in [-0.25, -0.2) is 0 Å². The first-order chi connectivity index (χ1) is 6.79. The van der Waals surface area contributed by atoms with Crippen molar-refractivity contribution in [3.05, 3.63) is 36.4 Å². The first-order valence-electron chi connectivity index (χ1n) is 4.29. The standard InChI is InChI=1S/C11H10N2O/c12-10-3-1-9-6-11(13-7-14)4-2-8(9)5-10/h1-7H,12H2,(H,13,14). The Morgan fingerprint density at radius 3 is 2.57 bits per heavy atom. The van der Waals surface area contributed by atoms with Crippen LogP contribution in [0.15, 0.2) is 36.4 Å². The van der Waals surface area contributed by atoms with Crippen molar-refractivity contribution in [1.82, 2.24) is 0 Å². The molecule has 0 radical (unpaired) electrons. The van der Waals surface area contributed by atoms with E-state index in [9.17, 15) is 4.79 Å². The van der Waals surface area contributed by atoms with E-state index < -0.39 is 0 Å². The summed E-state index contributed by atoms with van der Waals surface area (Å²) in [6.45, 7) is 0. The highest BCUT2D eigenvalue weighted by atomic mass is 16.1. The zero-order chi connectivity index (χ0) is 9.97. The van der Waals surface area contributed by atoms with Gasteiger partial charge in [-0.15, -0.1) is 0 Å². The van der Waals surface area contributed by atoms with Crippen molar-refractivity contribution >= 4 is 28.6 Å². The zero-order valence-corrected chi connectivity index (χ0v) is 7.53. The molecule has 0 aromatic heterocycles. The lowest BCUT2D eigenvalue weighted by atomic mass is 10.1. The number of benzene rings is 2. The van der Waals surface area contributed by atoms with Gasteiger partial charge in [-0.2, -0.15) is 0 Å². The molecule has 3 heteroatoms. The van der Waals surface area contributed by atoms with Gasteiger partial charge in [-0.3, -0.25) is 4.79 Å². The molecule has 0 spiro atoms. The Morgan fingerprint density at radius 2 is 1.79 bits per heavy atom. The molecular formula is C11H10N2O. The number of fused-ring (bicyclic) bond motifs is 1. The summed E-state index contributed by atoms with van der Waals surface area (Å²) in [5, 5.41) is 4.73. The highest BCUT2D eigenvalue weighted by molar-refractivity contribution is 5.89. The summed E-state index contributed by atoms with van der Waals surface area (Å²) in [7, 11) is 0. The maximum Gasteiger partial charge on any atom is 0.211 e. The number of nitrogens with two attached hydrogens (primary N) is 1. The molecule has 0 fully saturated rings. The zero-order valence-electron chi connectivity index (χ0n) is 7.53. The third-order valence-electron chi connectivity index (χ3n) is 2.09. The van der Waals surface area contributed by atoms with Gasteiger partial charge >= 0.3 is 0 Å². The van der Waals surface area contributed by atoms with E-state index in [4.69, 9.17) is 5.73 Å². The number of nitrogen functional groups attached to an aromatic ring is 1. The van der Waals surface area contributed by atoms with Crippen LogP contribution in [-0.4, -0.2) is 6.41 Å². The van der Waals surface area contributed by atoms with Gasteiger partial charge in [0, 0.05) is 11.4 Å². The van der Waals surface area contributed by atoms with Gasteiger partial charge in [0.1, 0.15) is 0 Å². The topological polar surface area (TPSA) is 55.1 Å². The van der Waals surface area contributed by atoms with E-state index in [1.54, 1.807) is 0 Å². The van der Waals surface area contributed by atoms with Crippen LogP contribution in [0.3, 0.4) is 0 Å². The van der Waals surface area contributed by atoms with Crippen LogP contribution in [0.2, 0.25) is 0 Å². The van der Waals surface area contributed by atoms with Crippen LogP contribution < -0.4 is 11.1 Å². The van der Waals surface area contributed by atoms with Crippen molar-refractivity contribution < 1.29 is 4.79 Å². The molecule has 2 aromatic rings. The second-order valence-corrected chi connectivity index (χ2v) is 3.08. The van der Waals surface area contributed by atoms with Crippen LogP contribution in [0.1, 0.15) is 0 Å². The number of carbonyl (C=O) groups excluding carboxylic acids is 1. The van der Waals surface area contributed by atoms with Gasteiger partial charge in [0.15, 0.2) is 0 Å². The molecule has 3 N–H and O–H groups in total. The monoisotopic (exact) mass is 186 g/mol. The SMILES string of the molecule is Nc1ccc2cc(NC=O)ccc2c1. The van der Waals surface area contributed by atoms with Gasteiger partial charge in [-0.05, 0) is 35.0 Å². The maximum absolute atomic E-state index is 10.2. The number of anilines is 2. The molecule has 2 rings (SSSR count). The molecular weight excluding hydrogens is 176 g/mol. The summed E-state index contributed by atoms with van der Waals surface area (Å²) in [6, 6.07) is 11.4. The third kappa shape index (κ3) is 1.52. The van der Waals surface area contributed by atoms with E-state index in [2.05, 4.69) is 5.32 Å². The van der Waals surface area contributed by atoms with Crippen LogP contribution >= 0.6 is 0 Å². The predicted octanol–water partition coefficient (Wildman–Crippen LogP) is 1.99. The van der Waals surface area contributed by atoms with Crippen LogP contribution in [-0.2, 0) is 4.79 Å². The number of hydrogen-bond donors (Lipinski definition) is 2. The summed E-state index contributed by atoms with van der Waals surface area (Å²) in [5.74, 6) is 0. The number of carbonyl (C=O) groups is 1. The molecule has 0 aliphatic heterocycles. The molecule has 0 aliphatic carbocycles. The molecule has 0 saturated heterocycles. The molecule has 1 amide bonds. The Labute approximate surface area is 81.5 Å². The second-order valence-electron chi connectivity index (χ2n) is 3.08. The Bertz CT molecular complexity index is 480. The molecule has 0 heterocycles. The average molecular weight is 186 g/mol. The van der Waals surface area contributed by atoms with Gasteiger partial charge in [0.2, 0.25) is 6.41 Å². The highest BCUT2D eigenvalue weighted by Gasteiger charge is 1.95. The number of rotatable bonds is 2.